The number of carbonyl (C=O) groups excluding carboxylic acids is 1. The van der Waals surface area contributed by atoms with Gasteiger partial charge in [0.05, 0.1) is 12.5 Å². The van der Waals surface area contributed by atoms with Gasteiger partial charge in [-0.2, -0.15) is 15.4 Å². The van der Waals surface area contributed by atoms with Crippen LogP contribution in [0, 0.1) is 5.92 Å². The predicted molar refractivity (Wildman–Crippen MR) is 63.6 cm³/mol. The number of nitrogens with one attached hydrogen (secondary N) is 2. The van der Waals surface area contributed by atoms with Crippen molar-refractivity contribution in [2.45, 2.75) is 6.92 Å². The Morgan fingerprint density at radius 3 is 3.00 bits per heavy atom. The van der Waals surface area contributed by atoms with Crippen molar-refractivity contribution in [3.05, 3.63) is 18.2 Å². The summed E-state index contributed by atoms with van der Waals surface area (Å²) in [5, 5.41) is 13.2. The summed E-state index contributed by atoms with van der Waals surface area (Å²) in [6.45, 7) is 2.21. The van der Waals surface area contributed by atoms with Crippen molar-refractivity contribution in [1.29, 1.82) is 0 Å². The average Bonchev–Trinajstić information content (AvgIpc) is 2.76. The Bertz CT molecular complexity index is 523. The number of fused-ring (bicyclic) bond motifs is 1. The highest BCUT2D eigenvalue weighted by atomic mass is 16.5. The standard InChI is InChI=1S/C11H14N4O2/c1-7(6-17-2)11(16)12-8-3-4-9-10(5-8)14-15-13-9/h3-5,7H,6H2,1-2H3,(H,12,16)(H,13,14,15)/t7-/m0/s1. The highest BCUT2D eigenvalue weighted by Crippen LogP contribution is 2.15. The molecule has 1 atom stereocenters. The third-order valence-electron chi connectivity index (χ3n) is 2.45. The van der Waals surface area contributed by atoms with E-state index in [1.807, 2.05) is 6.92 Å². The molecule has 0 saturated carbocycles. The smallest absolute Gasteiger partial charge is 0.229 e. The number of hydrogen-bond acceptors (Lipinski definition) is 4. The van der Waals surface area contributed by atoms with Crippen molar-refractivity contribution in [2.24, 2.45) is 5.92 Å². The van der Waals surface area contributed by atoms with Crippen LogP contribution in [0.25, 0.3) is 11.0 Å². The first kappa shape index (κ1) is 11.5. The first-order chi connectivity index (χ1) is 8.20. The van der Waals surface area contributed by atoms with Crippen LogP contribution in [0.15, 0.2) is 18.2 Å². The third-order valence-corrected chi connectivity index (χ3v) is 2.45. The van der Waals surface area contributed by atoms with E-state index in [9.17, 15) is 4.79 Å². The lowest BCUT2D eigenvalue weighted by Crippen LogP contribution is -2.23. The van der Waals surface area contributed by atoms with E-state index in [0.29, 0.717) is 12.3 Å². The maximum absolute atomic E-state index is 11.7. The number of carbonyl (C=O) groups is 1. The fourth-order valence-electron chi connectivity index (χ4n) is 1.51. The zero-order valence-electron chi connectivity index (χ0n) is 9.73. The number of aromatic amines is 1. The van der Waals surface area contributed by atoms with E-state index in [0.717, 1.165) is 11.0 Å². The number of amides is 1. The summed E-state index contributed by atoms with van der Waals surface area (Å²) in [6.07, 6.45) is 0. The van der Waals surface area contributed by atoms with Gasteiger partial charge in [-0.25, -0.2) is 0 Å². The molecule has 90 valence electrons. The topological polar surface area (TPSA) is 79.9 Å². The molecule has 1 amide bonds. The minimum absolute atomic E-state index is 0.0744. The van der Waals surface area contributed by atoms with Crippen LogP contribution < -0.4 is 5.32 Å². The molecule has 6 heteroatoms. The van der Waals surface area contributed by atoms with Gasteiger partial charge >= 0.3 is 0 Å². The maximum atomic E-state index is 11.7. The molecule has 17 heavy (non-hydrogen) atoms. The van der Waals surface area contributed by atoms with Gasteiger partial charge < -0.3 is 10.1 Å². The van der Waals surface area contributed by atoms with Crippen LogP contribution >= 0.6 is 0 Å². The van der Waals surface area contributed by atoms with Crippen molar-refractivity contribution < 1.29 is 9.53 Å². The van der Waals surface area contributed by atoms with Crippen molar-refractivity contribution in [3.8, 4) is 0 Å². The monoisotopic (exact) mass is 234 g/mol. The minimum Gasteiger partial charge on any atom is -0.384 e. The Morgan fingerprint density at radius 1 is 1.47 bits per heavy atom. The first-order valence-corrected chi connectivity index (χ1v) is 5.31. The molecule has 1 heterocycles. The molecule has 0 aliphatic carbocycles. The fourth-order valence-corrected chi connectivity index (χ4v) is 1.51. The van der Waals surface area contributed by atoms with E-state index < -0.39 is 0 Å². The summed E-state index contributed by atoms with van der Waals surface area (Å²) in [5.41, 5.74) is 2.20. The number of hydrogen-bond donors (Lipinski definition) is 2. The number of aromatic nitrogens is 3. The van der Waals surface area contributed by atoms with E-state index in [-0.39, 0.29) is 11.8 Å². The van der Waals surface area contributed by atoms with Crippen molar-refractivity contribution in [3.63, 3.8) is 0 Å². The molecule has 1 aromatic carbocycles. The molecule has 2 aromatic rings. The number of rotatable bonds is 4. The lowest BCUT2D eigenvalue weighted by Gasteiger charge is -2.10. The lowest BCUT2D eigenvalue weighted by molar-refractivity contribution is -0.120. The maximum Gasteiger partial charge on any atom is 0.229 e. The molecule has 0 saturated heterocycles. The van der Waals surface area contributed by atoms with Gasteiger partial charge in [0.15, 0.2) is 0 Å². The molecule has 0 aliphatic heterocycles. The number of benzene rings is 1. The van der Waals surface area contributed by atoms with Crippen LogP contribution in [0.4, 0.5) is 5.69 Å². The van der Waals surface area contributed by atoms with Gasteiger partial charge in [0.2, 0.25) is 5.91 Å². The lowest BCUT2D eigenvalue weighted by atomic mass is 10.2. The van der Waals surface area contributed by atoms with Gasteiger partial charge in [0.1, 0.15) is 11.0 Å². The average molecular weight is 234 g/mol. The van der Waals surface area contributed by atoms with Gasteiger partial charge in [0.25, 0.3) is 0 Å². The summed E-state index contributed by atoms with van der Waals surface area (Å²) < 4.78 is 4.93. The van der Waals surface area contributed by atoms with E-state index in [1.54, 1.807) is 25.3 Å². The summed E-state index contributed by atoms with van der Waals surface area (Å²) >= 11 is 0. The molecule has 0 bridgehead atoms. The van der Waals surface area contributed by atoms with E-state index >= 15 is 0 Å². The quantitative estimate of drug-likeness (QED) is 0.832. The molecule has 2 N–H and O–H groups in total. The molecule has 0 unspecified atom stereocenters. The minimum atomic E-state index is -0.187. The molecule has 1 aromatic heterocycles. The summed E-state index contributed by atoms with van der Waals surface area (Å²) in [7, 11) is 1.57. The van der Waals surface area contributed by atoms with Crippen molar-refractivity contribution in [1.82, 2.24) is 15.4 Å². The molecule has 0 radical (unpaired) electrons. The van der Waals surface area contributed by atoms with Crippen molar-refractivity contribution >= 4 is 22.6 Å². The Kier molecular flexibility index (Phi) is 3.34. The Labute approximate surface area is 98.3 Å². The van der Waals surface area contributed by atoms with Gasteiger partial charge in [-0.1, -0.05) is 6.92 Å². The molecule has 6 nitrogen and oxygen atoms in total. The molecule has 0 fully saturated rings. The zero-order chi connectivity index (χ0) is 12.3. The van der Waals surface area contributed by atoms with E-state index in [4.69, 9.17) is 4.74 Å². The molecule has 2 rings (SSSR count). The second-order valence-corrected chi connectivity index (χ2v) is 3.87. The SMILES string of the molecule is COC[C@H](C)C(=O)Nc1ccc2n[nH]nc2c1. The van der Waals surface area contributed by atoms with Gasteiger partial charge in [-0.3, -0.25) is 4.79 Å². The van der Waals surface area contributed by atoms with Gasteiger partial charge in [-0.05, 0) is 18.2 Å². The summed E-state index contributed by atoms with van der Waals surface area (Å²) in [6, 6.07) is 5.37. The number of nitrogens with zero attached hydrogens (tertiary/aromatic N) is 2. The van der Waals surface area contributed by atoms with E-state index in [1.165, 1.54) is 0 Å². The first-order valence-electron chi connectivity index (χ1n) is 5.31. The summed E-state index contributed by atoms with van der Waals surface area (Å²) in [5.74, 6) is -0.261. The third kappa shape index (κ3) is 2.59. The number of ether oxygens (including phenoxy) is 1. The predicted octanol–water partition coefficient (Wildman–Crippen LogP) is 1.18. The van der Waals surface area contributed by atoms with Gasteiger partial charge in [0, 0.05) is 12.8 Å². The number of methoxy groups -OCH3 is 1. The van der Waals surface area contributed by atoms with Gasteiger partial charge in [-0.15, -0.1) is 0 Å². The normalized spacial score (nSPS) is 12.6. The Morgan fingerprint density at radius 2 is 2.24 bits per heavy atom. The molecular formula is C11H14N4O2. The van der Waals surface area contributed by atoms with Crippen molar-refractivity contribution in [2.75, 3.05) is 19.0 Å². The number of H-pyrrole nitrogens is 1. The highest BCUT2D eigenvalue weighted by molar-refractivity contribution is 5.94. The summed E-state index contributed by atoms with van der Waals surface area (Å²) in [4.78, 5) is 11.7. The fraction of sp³-hybridized carbons (Fsp3) is 0.364. The van der Waals surface area contributed by atoms with Crippen LogP contribution in [-0.2, 0) is 9.53 Å². The largest absolute Gasteiger partial charge is 0.384 e. The van der Waals surface area contributed by atoms with Crippen LogP contribution in [0.1, 0.15) is 6.92 Å². The van der Waals surface area contributed by atoms with Crippen LogP contribution in [0.5, 0.6) is 0 Å². The van der Waals surface area contributed by atoms with Crippen LogP contribution in [0.3, 0.4) is 0 Å². The zero-order valence-corrected chi connectivity index (χ0v) is 9.73. The molecule has 0 spiro atoms. The second-order valence-electron chi connectivity index (χ2n) is 3.87. The highest BCUT2D eigenvalue weighted by Gasteiger charge is 2.12. The van der Waals surface area contributed by atoms with Crippen LogP contribution in [0.2, 0.25) is 0 Å². The van der Waals surface area contributed by atoms with E-state index in [2.05, 4.69) is 20.7 Å². The van der Waals surface area contributed by atoms with Crippen LogP contribution in [-0.4, -0.2) is 35.0 Å². The molecular weight excluding hydrogens is 220 g/mol. The Hall–Kier alpha value is -1.95. The second kappa shape index (κ2) is 4.92. The number of anilines is 1. The molecule has 0 aliphatic rings. The Balaban J connectivity index is 2.09.